The van der Waals surface area contributed by atoms with E-state index in [0.29, 0.717) is 17.1 Å². The Hall–Kier alpha value is -2.52. The molecule has 1 heterocycles. The molecule has 0 aliphatic rings. The van der Waals surface area contributed by atoms with Gasteiger partial charge in [0.15, 0.2) is 0 Å². The van der Waals surface area contributed by atoms with Crippen molar-refractivity contribution in [1.82, 2.24) is 9.47 Å². The van der Waals surface area contributed by atoms with Gasteiger partial charge in [-0.25, -0.2) is 0 Å². The fourth-order valence-electron chi connectivity index (χ4n) is 3.21. The number of aryl methyl sites for hydroxylation is 1. The van der Waals surface area contributed by atoms with Crippen molar-refractivity contribution in [2.45, 2.75) is 39.9 Å². The molecule has 0 saturated carbocycles. The highest BCUT2D eigenvalue weighted by Crippen LogP contribution is 2.21. The van der Waals surface area contributed by atoms with E-state index in [2.05, 4.69) is 48.0 Å². The second kappa shape index (κ2) is 8.45. The molecule has 3 nitrogen and oxygen atoms in total. The average Bonchev–Trinajstić information content (AvgIpc) is 3.06. The largest absolute Gasteiger partial charge is 0.345 e. The average molecular weight is 381 g/mol. The lowest BCUT2D eigenvalue weighted by molar-refractivity contribution is 0.0686. The molecule has 0 atom stereocenters. The van der Waals surface area contributed by atoms with Crippen molar-refractivity contribution < 1.29 is 4.79 Å². The molecule has 0 N–H and O–H groups in total. The van der Waals surface area contributed by atoms with E-state index in [-0.39, 0.29) is 11.9 Å². The standard InChI is InChI=1S/C23H25ClN2O/c1-17(2)26(23(27)21-11-4-5-12-22(21)24)16-20-10-7-13-25(20)15-19-9-6-8-18(3)14-19/h4-14,17H,15-16H2,1-3H3. The fraction of sp³-hybridized carbons (Fsp3) is 0.261. The van der Waals surface area contributed by atoms with Gasteiger partial charge in [-0.05, 0) is 50.6 Å². The predicted molar refractivity (Wildman–Crippen MR) is 111 cm³/mol. The van der Waals surface area contributed by atoms with Gasteiger partial charge in [-0.2, -0.15) is 0 Å². The molecule has 0 aliphatic heterocycles. The molecule has 1 amide bonds. The van der Waals surface area contributed by atoms with Crippen LogP contribution in [0.25, 0.3) is 0 Å². The summed E-state index contributed by atoms with van der Waals surface area (Å²) in [5.41, 5.74) is 4.15. The van der Waals surface area contributed by atoms with Crippen LogP contribution in [-0.2, 0) is 13.1 Å². The van der Waals surface area contributed by atoms with Gasteiger partial charge in [0.05, 0.1) is 17.1 Å². The van der Waals surface area contributed by atoms with Gasteiger partial charge in [0.1, 0.15) is 0 Å². The summed E-state index contributed by atoms with van der Waals surface area (Å²) in [6.07, 6.45) is 2.07. The van der Waals surface area contributed by atoms with Gasteiger partial charge in [0, 0.05) is 24.5 Å². The molecular weight excluding hydrogens is 356 g/mol. The van der Waals surface area contributed by atoms with Crippen LogP contribution in [0.5, 0.6) is 0 Å². The maximum atomic E-state index is 13.1. The molecule has 0 bridgehead atoms. The van der Waals surface area contributed by atoms with E-state index in [0.717, 1.165) is 12.2 Å². The van der Waals surface area contributed by atoms with Gasteiger partial charge in [-0.1, -0.05) is 53.6 Å². The molecule has 4 heteroatoms. The zero-order chi connectivity index (χ0) is 19.4. The van der Waals surface area contributed by atoms with E-state index in [1.165, 1.54) is 11.1 Å². The molecule has 0 saturated heterocycles. The normalized spacial score (nSPS) is 11.0. The number of hydrogen-bond acceptors (Lipinski definition) is 1. The highest BCUT2D eigenvalue weighted by molar-refractivity contribution is 6.33. The Morgan fingerprint density at radius 2 is 1.85 bits per heavy atom. The van der Waals surface area contributed by atoms with Crippen LogP contribution >= 0.6 is 11.6 Å². The van der Waals surface area contributed by atoms with Crippen molar-refractivity contribution in [3.63, 3.8) is 0 Å². The number of carbonyl (C=O) groups is 1. The smallest absolute Gasteiger partial charge is 0.255 e. The van der Waals surface area contributed by atoms with E-state index in [1.54, 1.807) is 12.1 Å². The molecule has 140 valence electrons. The Balaban J connectivity index is 1.83. The second-order valence-corrected chi connectivity index (χ2v) is 7.53. The van der Waals surface area contributed by atoms with E-state index in [1.807, 2.05) is 36.9 Å². The number of carbonyl (C=O) groups excluding carboxylic acids is 1. The summed E-state index contributed by atoms with van der Waals surface area (Å²) in [5, 5.41) is 0.489. The SMILES string of the molecule is Cc1cccc(Cn2cccc2CN(C(=O)c2ccccc2Cl)C(C)C)c1. The summed E-state index contributed by atoms with van der Waals surface area (Å²) in [7, 11) is 0. The third-order valence-corrected chi connectivity index (χ3v) is 5.01. The zero-order valence-corrected chi connectivity index (χ0v) is 16.8. The second-order valence-electron chi connectivity index (χ2n) is 7.12. The van der Waals surface area contributed by atoms with E-state index in [9.17, 15) is 4.79 Å². The Bertz CT molecular complexity index is 929. The third-order valence-electron chi connectivity index (χ3n) is 4.68. The third kappa shape index (κ3) is 4.61. The lowest BCUT2D eigenvalue weighted by Crippen LogP contribution is -2.37. The summed E-state index contributed by atoms with van der Waals surface area (Å²) in [4.78, 5) is 14.9. The van der Waals surface area contributed by atoms with Crippen LogP contribution in [0, 0.1) is 6.92 Å². The van der Waals surface area contributed by atoms with Gasteiger partial charge in [0.25, 0.3) is 5.91 Å². The zero-order valence-electron chi connectivity index (χ0n) is 16.0. The number of hydrogen-bond donors (Lipinski definition) is 0. The molecular formula is C23H25ClN2O. The van der Waals surface area contributed by atoms with Crippen molar-refractivity contribution in [3.05, 3.63) is 94.3 Å². The Kier molecular flexibility index (Phi) is 6.02. The molecule has 2 aromatic carbocycles. The molecule has 0 unspecified atom stereocenters. The van der Waals surface area contributed by atoms with Gasteiger partial charge < -0.3 is 9.47 Å². The van der Waals surface area contributed by atoms with Crippen molar-refractivity contribution in [2.24, 2.45) is 0 Å². The minimum absolute atomic E-state index is 0.0427. The van der Waals surface area contributed by atoms with E-state index < -0.39 is 0 Å². The minimum Gasteiger partial charge on any atom is -0.345 e. The maximum Gasteiger partial charge on any atom is 0.255 e. The summed E-state index contributed by atoms with van der Waals surface area (Å²) in [5.74, 6) is -0.0427. The number of amides is 1. The predicted octanol–water partition coefficient (Wildman–Crippen LogP) is 5.55. The lowest BCUT2D eigenvalue weighted by atomic mass is 10.1. The fourth-order valence-corrected chi connectivity index (χ4v) is 3.42. The van der Waals surface area contributed by atoms with Crippen molar-refractivity contribution in [1.29, 1.82) is 0 Å². The van der Waals surface area contributed by atoms with E-state index >= 15 is 0 Å². The lowest BCUT2D eigenvalue weighted by Gasteiger charge is -2.28. The molecule has 3 aromatic rings. The highest BCUT2D eigenvalue weighted by Gasteiger charge is 2.22. The summed E-state index contributed by atoms with van der Waals surface area (Å²) >= 11 is 6.25. The molecule has 0 aliphatic carbocycles. The first kappa shape index (κ1) is 19.2. The van der Waals surface area contributed by atoms with Crippen LogP contribution in [-0.4, -0.2) is 21.4 Å². The van der Waals surface area contributed by atoms with Gasteiger partial charge in [0.2, 0.25) is 0 Å². The topological polar surface area (TPSA) is 25.2 Å². The number of halogens is 1. The number of nitrogens with zero attached hydrogens (tertiary/aromatic N) is 2. The molecule has 0 fully saturated rings. The summed E-state index contributed by atoms with van der Waals surface area (Å²) in [6.45, 7) is 7.49. The monoisotopic (exact) mass is 380 g/mol. The Labute approximate surface area is 166 Å². The number of aromatic nitrogens is 1. The van der Waals surface area contributed by atoms with Crippen LogP contribution in [0.1, 0.15) is 41.0 Å². The number of benzene rings is 2. The van der Waals surface area contributed by atoms with Crippen molar-refractivity contribution >= 4 is 17.5 Å². The summed E-state index contributed by atoms with van der Waals surface area (Å²) in [6, 6.07) is 19.9. The van der Waals surface area contributed by atoms with Crippen molar-refractivity contribution in [2.75, 3.05) is 0 Å². The van der Waals surface area contributed by atoms with Gasteiger partial charge >= 0.3 is 0 Å². The Morgan fingerprint density at radius 1 is 1.07 bits per heavy atom. The molecule has 27 heavy (non-hydrogen) atoms. The van der Waals surface area contributed by atoms with Crippen molar-refractivity contribution in [3.8, 4) is 0 Å². The van der Waals surface area contributed by atoms with Gasteiger partial charge in [-0.3, -0.25) is 4.79 Å². The van der Waals surface area contributed by atoms with Crippen LogP contribution < -0.4 is 0 Å². The highest BCUT2D eigenvalue weighted by atomic mass is 35.5. The molecule has 3 rings (SSSR count). The number of rotatable bonds is 6. The van der Waals surface area contributed by atoms with Crippen LogP contribution in [0.15, 0.2) is 66.9 Å². The van der Waals surface area contributed by atoms with Crippen LogP contribution in [0.3, 0.4) is 0 Å². The maximum absolute atomic E-state index is 13.1. The summed E-state index contributed by atoms with van der Waals surface area (Å²) < 4.78 is 2.20. The Morgan fingerprint density at radius 3 is 2.56 bits per heavy atom. The molecule has 0 spiro atoms. The first-order chi connectivity index (χ1) is 13.0. The van der Waals surface area contributed by atoms with Crippen LogP contribution in [0.2, 0.25) is 5.02 Å². The van der Waals surface area contributed by atoms with Gasteiger partial charge in [-0.15, -0.1) is 0 Å². The first-order valence-corrected chi connectivity index (χ1v) is 9.58. The van der Waals surface area contributed by atoms with E-state index in [4.69, 9.17) is 11.6 Å². The quantitative estimate of drug-likeness (QED) is 0.550. The van der Waals surface area contributed by atoms with Crippen LogP contribution in [0.4, 0.5) is 0 Å². The minimum atomic E-state index is -0.0427. The molecule has 0 radical (unpaired) electrons. The molecule has 1 aromatic heterocycles. The first-order valence-electron chi connectivity index (χ1n) is 9.21.